The van der Waals surface area contributed by atoms with E-state index in [4.69, 9.17) is 10.2 Å². The highest BCUT2D eigenvalue weighted by Gasteiger charge is 2.25. The topological polar surface area (TPSA) is 204 Å². The largest absolute Gasteiger partial charge is 0.396 e. The highest BCUT2D eigenvalue weighted by molar-refractivity contribution is 5.82. The number of nitrogens with zero attached hydrogens (tertiary/aromatic N) is 2. The SMILES string of the molecule is CC(N=NC(C)C(=O)NC(CO)C(O)CCO)C(=O)NC(CO)C(O)CCO. The molecule has 164 valence electrons. The van der Waals surface area contributed by atoms with Crippen LogP contribution < -0.4 is 10.6 Å². The maximum absolute atomic E-state index is 12.0. The van der Waals surface area contributed by atoms with E-state index in [-0.39, 0.29) is 26.1 Å². The summed E-state index contributed by atoms with van der Waals surface area (Å²) in [7, 11) is 0. The second kappa shape index (κ2) is 14.3. The van der Waals surface area contributed by atoms with Crippen molar-refractivity contribution in [3.8, 4) is 0 Å². The fraction of sp³-hybridized carbons (Fsp3) is 0.875. The van der Waals surface area contributed by atoms with E-state index in [1.807, 2.05) is 0 Å². The van der Waals surface area contributed by atoms with Gasteiger partial charge in [-0.2, -0.15) is 10.2 Å². The number of hydrogen-bond donors (Lipinski definition) is 8. The number of aliphatic hydroxyl groups excluding tert-OH is 6. The molecule has 12 heteroatoms. The van der Waals surface area contributed by atoms with Gasteiger partial charge in [0.15, 0.2) is 0 Å². The number of carbonyl (C=O) groups excluding carboxylic acids is 2. The number of amides is 2. The normalized spacial score (nSPS) is 18.1. The summed E-state index contributed by atoms with van der Waals surface area (Å²) >= 11 is 0. The monoisotopic (exact) mass is 408 g/mol. The van der Waals surface area contributed by atoms with Gasteiger partial charge in [0.2, 0.25) is 11.8 Å². The lowest BCUT2D eigenvalue weighted by molar-refractivity contribution is -0.125. The quantitative estimate of drug-likeness (QED) is 0.136. The molecular weight excluding hydrogens is 376 g/mol. The maximum atomic E-state index is 12.0. The number of carbonyl (C=O) groups is 2. The van der Waals surface area contributed by atoms with Crippen LogP contribution in [0.2, 0.25) is 0 Å². The molecule has 0 aromatic heterocycles. The van der Waals surface area contributed by atoms with Gasteiger partial charge in [-0.15, -0.1) is 0 Å². The molecule has 0 heterocycles. The zero-order valence-corrected chi connectivity index (χ0v) is 16.1. The molecular formula is C16H32N4O8. The van der Waals surface area contributed by atoms with E-state index in [2.05, 4.69) is 20.9 Å². The third kappa shape index (κ3) is 9.48. The van der Waals surface area contributed by atoms with Crippen LogP contribution in [-0.4, -0.2) is 105 Å². The van der Waals surface area contributed by atoms with Gasteiger partial charge in [-0.25, -0.2) is 0 Å². The molecule has 6 atom stereocenters. The van der Waals surface area contributed by atoms with Gasteiger partial charge in [-0.3, -0.25) is 9.59 Å². The van der Waals surface area contributed by atoms with Crippen molar-refractivity contribution in [2.24, 2.45) is 10.2 Å². The zero-order chi connectivity index (χ0) is 21.7. The Labute approximate surface area is 163 Å². The van der Waals surface area contributed by atoms with E-state index in [1.165, 1.54) is 13.8 Å². The standard InChI is InChI=1S/C16H32N4O8/c1-9(15(27)17-11(7-23)13(25)3-5-21)19-20-10(2)16(28)18-12(8-24)14(26)4-6-22/h9-14,21-26H,3-8H2,1-2H3,(H,17,27)(H,18,28). The maximum Gasteiger partial charge on any atom is 0.246 e. The second-order valence-electron chi connectivity index (χ2n) is 6.34. The lowest BCUT2D eigenvalue weighted by Gasteiger charge is -2.23. The first kappa shape index (κ1) is 26.3. The fourth-order valence-corrected chi connectivity index (χ4v) is 2.11. The van der Waals surface area contributed by atoms with Crippen LogP contribution >= 0.6 is 0 Å². The molecule has 28 heavy (non-hydrogen) atoms. The van der Waals surface area contributed by atoms with Crippen molar-refractivity contribution >= 4 is 11.8 Å². The first-order valence-corrected chi connectivity index (χ1v) is 9.02. The van der Waals surface area contributed by atoms with Crippen LogP contribution in [-0.2, 0) is 9.59 Å². The second-order valence-corrected chi connectivity index (χ2v) is 6.34. The van der Waals surface area contributed by atoms with Crippen molar-refractivity contribution in [3.05, 3.63) is 0 Å². The van der Waals surface area contributed by atoms with Crippen LogP contribution in [0.4, 0.5) is 0 Å². The van der Waals surface area contributed by atoms with Crippen LogP contribution in [0.3, 0.4) is 0 Å². The third-order valence-electron chi connectivity index (χ3n) is 4.00. The smallest absolute Gasteiger partial charge is 0.246 e. The fourth-order valence-electron chi connectivity index (χ4n) is 2.11. The molecule has 0 rings (SSSR count). The Kier molecular flexibility index (Phi) is 13.5. The molecule has 12 nitrogen and oxygen atoms in total. The highest BCUT2D eigenvalue weighted by Crippen LogP contribution is 2.03. The summed E-state index contributed by atoms with van der Waals surface area (Å²) in [6, 6.07) is -3.98. The number of hydrogen-bond acceptors (Lipinski definition) is 10. The molecule has 0 aliphatic heterocycles. The van der Waals surface area contributed by atoms with Gasteiger partial charge >= 0.3 is 0 Å². The summed E-state index contributed by atoms with van der Waals surface area (Å²) in [5, 5.41) is 67.7. The van der Waals surface area contributed by atoms with E-state index < -0.39 is 61.4 Å². The lowest BCUT2D eigenvalue weighted by Crippen LogP contribution is -2.49. The van der Waals surface area contributed by atoms with Crippen LogP contribution in [0.5, 0.6) is 0 Å². The van der Waals surface area contributed by atoms with E-state index >= 15 is 0 Å². The van der Waals surface area contributed by atoms with Gasteiger partial charge < -0.3 is 41.3 Å². The molecule has 0 radical (unpaired) electrons. The molecule has 0 saturated heterocycles. The van der Waals surface area contributed by atoms with Gasteiger partial charge in [0, 0.05) is 13.2 Å². The summed E-state index contributed by atoms with van der Waals surface area (Å²) in [6.45, 7) is 1.12. The van der Waals surface area contributed by atoms with Gasteiger partial charge in [0.25, 0.3) is 0 Å². The Morgan fingerprint density at radius 1 is 0.750 bits per heavy atom. The first-order chi connectivity index (χ1) is 13.2. The van der Waals surface area contributed by atoms with Gasteiger partial charge in [-0.1, -0.05) is 0 Å². The van der Waals surface area contributed by atoms with Gasteiger partial charge in [-0.05, 0) is 26.7 Å². The Hall–Kier alpha value is -1.70. The van der Waals surface area contributed by atoms with Crippen molar-refractivity contribution in [1.29, 1.82) is 0 Å². The molecule has 0 saturated carbocycles. The molecule has 0 aromatic carbocycles. The molecule has 0 bridgehead atoms. The number of nitrogens with one attached hydrogen (secondary N) is 2. The highest BCUT2D eigenvalue weighted by atomic mass is 16.3. The first-order valence-electron chi connectivity index (χ1n) is 9.02. The average molecular weight is 408 g/mol. The molecule has 0 aliphatic carbocycles. The zero-order valence-electron chi connectivity index (χ0n) is 16.1. The van der Waals surface area contributed by atoms with E-state index in [0.717, 1.165) is 0 Å². The minimum absolute atomic E-state index is 0.0211. The summed E-state index contributed by atoms with van der Waals surface area (Å²) in [4.78, 5) is 24.1. The van der Waals surface area contributed by atoms with Gasteiger partial charge in [0.1, 0.15) is 12.1 Å². The molecule has 0 spiro atoms. The predicted octanol–water partition coefficient (Wildman–Crippen LogP) is -3.34. The number of aliphatic hydroxyl groups is 6. The van der Waals surface area contributed by atoms with Crippen LogP contribution in [0.15, 0.2) is 10.2 Å². The summed E-state index contributed by atoms with van der Waals surface area (Å²) in [6.07, 6.45) is -2.30. The van der Waals surface area contributed by atoms with E-state index in [0.29, 0.717) is 0 Å². The summed E-state index contributed by atoms with van der Waals surface area (Å²) in [5.41, 5.74) is 0. The van der Waals surface area contributed by atoms with Crippen LogP contribution in [0.25, 0.3) is 0 Å². The number of azo groups is 1. The van der Waals surface area contributed by atoms with Crippen molar-refractivity contribution < 1.29 is 40.2 Å². The van der Waals surface area contributed by atoms with Gasteiger partial charge in [0.05, 0.1) is 37.5 Å². The summed E-state index contributed by atoms with van der Waals surface area (Å²) in [5.74, 6) is -1.28. The Bertz CT molecular complexity index is 451. The minimum Gasteiger partial charge on any atom is -0.396 e. The third-order valence-corrected chi connectivity index (χ3v) is 4.00. The Morgan fingerprint density at radius 3 is 1.32 bits per heavy atom. The van der Waals surface area contributed by atoms with Crippen molar-refractivity contribution in [2.45, 2.75) is 63.1 Å². The molecule has 6 unspecified atom stereocenters. The molecule has 2 amide bonds. The molecule has 0 aromatic rings. The van der Waals surface area contributed by atoms with Crippen molar-refractivity contribution in [2.75, 3.05) is 26.4 Å². The van der Waals surface area contributed by atoms with Crippen LogP contribution in [0.1, 0.15) is 26.7 Å². The summed E-state index contributed by atoms with van der Waals surface area (Å²) < 4.78 is 0. The molecule has 8 N–H and O–H groups in total. The number of rotatable bonds is 14. The van der Waals surface area contributed by atoms with Crippen molar-refractivity contribution in [1.82, 2.24) is 10.6 Å². The lowest BCUT2D eigenvalue weighted by atomic mass is 10.1. The predicted molar refractivity (Wildman–Crippen MR) is 97.2 cm³/mol. The van der Waals surface area contributed by atoms with E-state index in [1.54, 1.807) is 0 Å². The Balaban J connectivity index is 4.70. The van der Waals surface area contributed by atoms with E-state index in [9.17, 15) is 30.0 Å². The minimum atomic E-state index is -1.13. The average Bonchev–Trinajstić information content (AvgIpc) is 2.67. The molecule has 0 fully saturated rings. The Morgan fingerprint density at radius 2 is 1.07 bits per heavy atom. The molecule has 0 aliphatic rings. The van der Waals surface area contributed by atoms with Crippen LogP contribution in [0, 0.1) is 0 Å². The van der Waals surface area contributed by atoms with Crippen molar-refractivity contribution in [3.63, 3.8) is 0 Å².